The average molecular weight is 333 g/mol. The van der Waals surface area contributed by atoms with E-state index in [0.717, 1.165) is 29.9 Å². The Balaban J connectivity index is 1.55. The van der Waals surface area contributed by atoms with E-state index in [2.05, 4.69) is 27.4 Å². The smallest absolute Gasteiger partial charge is 0.251 e. The number of carbonyl (C=O) groups is 1. The van der Waals surface area contributed by atoms with Crippen LogP contribution >= 0.6 is 0 Å². The van der Waals surface area contributed by atoms with Crippen LogP contribution in [0.1, 0.15) is 45.4 Å². The third kappa shape index (κ3) is 3.05. The Morgan fingerprint density at radius 1 is 1.20 bits per heavy atom. The topological polar surface area (TPSA) is 68.0 Å². The van der Waals surface area contributed by atoms with Gasteiger partial charge in [0.05, 0.1) is 12.2 Å². The number of oxazole rings is 1. The van der Waals surface area contributed by atoms with Crippen molar-refractivity contribution in [2.24, 2.45) is 0 Å². The summed E-state index contributed by atoms with van der Waals surface area (Å²) in [6.45, 7) is 3.77. The fourth-order valence-corrected chi connectivity index (χ4v) is 3.32. The molecule has 2 heterocycles. The van der Waals surface area contributed by atoms with Crippen LogP contribution in [0.2, 0.25) is 0 Å². The van der Waals surface area contributed by atoms with Crippen molar-refractivity contribution in [2.45, 2.75) is 32.7 Å². The molecule has 0 saturated heterocycles. The number of amides is 1. The zero-order chi connectivity index (χ0) is 17.4. The molecule has 4 rings (SSSR count). The molecule has 1 atom stereocenters. The summed E-state index contributed by atoms with van der Waals surface area (Å²) >= 11 is 0. The SMILES string of the molecule is Cc1cc(C(=O)N[C@@H]2CCc3cc(-c4ncc(C)o4)ccc32)ccn1. The summed E-state index contributed by atoms with van der Waals surface area (Å²) in [7, 11) is 0. The molecule has 126 valence electrons. The van der Waals surface area contributed by atoms with E-state index in [9.17, 15) is 4.79 Å². The maximum absolute atomic E-state index is 12.5. The van der Waals surface area contributed by atoms with Crippen LogP contribution in [-0.4, -0.2) is 15.9 Å². The number of aromatic nitrogens is 2. The van der Waals surface area contributed by atoms with Gasteiger partial charge in [-0.25, -0.2) is 4.98 Å². The Labute approximate surface area is 146 Å². The highest BCUT2D eigenvalue weighted by Gasteiger charge is 2.25. The molecule has 1 aliphatic rings. The summed E-state index contributed by atoms with van der Waals surface area (Å²) < 4.78 is 5.60. The quantitative estimate of drug-likeness (QED) is 0.792. The normalized spacial score (nSPS) is 15.8. The first-order chi connectivity index (χ1) is 12.1. The minimum Gasteiger partial charge on any atom is -0.441 e. The van der Waals surface area contributed by atoms with E-state index in [4.69, 9.17) is 4.42 Å². The van der Waals surface area contributed by atoms with E-state index in [-0.39, 0.29) is 11.9 Å². The van der Waals surface area contributed by atoms with E-state index in [1.54, 1.807) is 24.5 Å². The molecule has 0 spiro atoms. The number of nitrogens with zero attached hydrogens (tertiary/aromatic N) is 2. The molecule has 2 aromatic heterocycles. The van der Waals surface area contributed by atoms with E-state index in [1.165, 1.54) is 11.1 Å². The van der Waals surface area contributed by atoms with Gasteiger partial charge >= 0.3 is 0 Å². The van der Waals surface area contributed by atoms with Crippen molar-refractivity contribution >= 4 is 5.91 Å². The maximum atomic E-state index is 12.5. The zero-order valence-corrected chi connectivity index (χ0v) is 14.2. The van der Waals surface area contributed by atoms with Gasteiger partial charge in [0.1, 0.15) is 5.76 Å². The fraction of sp³-hybridized carbons (Fsp3) is 0.250. The standard InChI is InChI=1S/C20H19N3O2/c1-12-9-15(7-8-21-12)19(24)23-18-6-4-14-10-16(3-5-17(14)18)20-22-11-13(2)25-20/h3,5,7-11,18H,4,6H2,1-2H3,(H,23,24)/t18-/m1/s1. The largest absolute Gasteiger partial charge is 0.441 e. The molecule has 1 N–H and O–H groups in total. The lowest BCUT2D eigenvalue weighted by Gasteiger charge is -2.14. The van der Waals surface area contributed by atoms with Crippen LogP contribution < -0.4 is 5.32 Å². The molecular formula is C20H19N3O2. The Kier molecular flexibility index (Phi) is 3.84. The number of nitrogens with one attached hydrogen (secondary N) is 1. The third-order valence-corrected chi connectivity index (χ3v) is 4.55. The number of fused-ring (bicyclic) bond motifs is 1. The van der Waals surface area contributed by atoms with Gasteiger partial charge in [-0.05, 0) is 62.1 Å². The van der Waals surface area contributed by atoms with E-state index in [0.29, 0.717) is 11.5 Å². The van der Waals surface area contributed by atoms with Crippen LogP contribution in [0.5, 0.6) is 0 Å². The van der Waals surface area contributed by atoms with Gasteiger partial charge in [0.15, 0.2) is 0 Å². The van der Waals surface area contributed by atoms with Gasteiger partial charge in [0.2, 0.25) is 5.89 Å². The van der Waals surface area contributed by atoms with Crippen molar-refractivity contribution in [1.82, 2.24) is 15.3 Å². The minimum atomic E-state index is -0.0595. The lowest BCUT2D eigenvalue weighted by Crippen LogP contribution is -2.27. The summed E-state index contributed by atoms with van der Waals surface area (Å²) in [5, 5.41) is 3.14. The molecule has 0 fully saturated rings. The summed E-state index contributed by atoms with van der Waals surface area (Å²) in [5.74, 6) is 1.38. The number of aryl methyl sites for hydroxylation is 3. The van der Waals surface area contributed by atoms with Crippen LogP contribution in [0.15, 0.2) is 47.1 Å². The van der Waals surface area contributed by atoms with E-state index < -0.39 is 0 Å². The zero-order valence-electron chi connectivity index (χ0n) is 14.2. The molecule has 0 aliphatic heterocycles. The van der Waals surface area contributed by atoms with Crippen molar-refractivity contribution < 1.29 is 9.21 Å². The van der Waals surface area contributed by atoms with Crippen molar-refractivity contribution in [3.05, 3.63) is 70.9 Å². The second-order valence-corrected chi connectivity index (χ2v) is 6.44. The van der Waals surface area contributed by atoms with Gasteiger partial charge in [0.25, 0.3) is 5.91 Å². The number of benzene rings is 1. The molecule has 1 aliphatic carbocycles. The van der Waals surface area contributed by atoms with Crippen LogP contribution in [0.3, 0.4) is 0 Å². The van der Waals surface area contributed by atoms with E-state index in [1.807, 2.05) is 19.9 Å². The molecule has 5 heteroatoms. The van der Waals surface area contributed by atoms with Gasteiger partial charge in [0, 0.05) is 23.0 Å². The van der Waals surface area contributed by atoms with Crippen LogP contribution in [-0.2, 0) is 6.42 Å². The van der Waals surface area contributed by atoms with Gasteiger partial charge in [-0.1, -0.05) is 6.07 Å². The third-order valence-electron chi connectivity index (χ3n) is 4.55. The number of carbonyl (C=O) groups excluding carboxylic acids is 1. The molecule has 0 unspecified atom stereocenters. The first kappa shape index (κ1) is 15.6. The molecule has 1 amide bonds. The Bertz CT molecular complexity index is 946. The molecule has 1 aromatic carbocycles. The summed E-state index contributed by atoms with van der Waals surface area (Å²) in [6.07, 6.45) is 5.22. The first-order valence-corrected chi connectivity index (χ1v) is 8.39. The molecule has 5 nitrogen and oxygen atoms in total. The maximum Gasteiger partial charge on any atom is 0.251 e. The van der Waals surface area contributed by atoms with Gasteiger partial charge in [-0.3, -0.25) is 9.78 Å². The summed E-state index contributed by atoms with van der Waals surface area (Å²) in [4.78, 5) is 20.9. The highest BCUT2D eigenvalue weighted by atomic mass is 16.4. The number of hydrogen-bond acceptors (Lipinski definition) is 4. The predicted molar refractivity (Wildman–Crippen MR) is 94.2 cm³/mol. The first-order valence-electron chi connectivity index (χ1n) is 8.39. The molecule has 0 radical (unpaired) electrons. The van der Waals surface area contributed by atoms with E-state index >= 15 is 0 Å². The Morgan fingerprint density at radius 3 is 2.84 bits per heavy atom. The molecule has 0 saturated carbocycles. The Morgan fingerprint density at radius 2 is 2.08 bits per heavy atom. The van der Waals surface area contributed by atoms with Crippen LogP contribution in [0.4, 0.5) is 0 Å². The van der Waals surface area contributed by atoms with Gasteiger partial charge in [-0.15, -0.1) is 0 Å². The van der Waals surface area contributed by atoms with Crippen molar-refractivity contribution in [3.63, 3.8) is 0 Å². The molecular weight excluding hydrogens is 314 g/mol. The molecule has 3 aromatic rings. The van der Waals surface area contributed by atoms with Gasteiger partial charge < -0.3 is 9.73 Å². The van der Waals surface area contributed by atoms with Crippen LogP contribution in [0.25, 0.3) is 11.5 Å². The number of rotatable bonds is 3. The molecule has 25 heavy (non-hydrogen) atoms. The number of pyridine rings is 1. The number of hydrogen-bond donors (Lipinski definition) is 1. The highest BCUT2D eigenvalue weighted by molar-refractivity contribution is 5.94. The summed E-state index contributed by atoms with van der Waals surface area (Å²) in [6, 6.07) is 9.77. The lowest BCUT2D eigenvalue weighted by molar-refractivity contribution is 0.0936. The fourth-order valence-electron chi connectivity index (χ4n) is 3.32. The van der Waals surface area contributed by atoms with Crippen molar-refractivity contribution in [3.8, 4) is 11.5 Å². The highest BCUT2D eigenvalue weighted by Crippen LogP contribution is 2.34. The lowest BCUT2D eigenvalue weighted by atomic mass is 10.0. The summed E-state index contributed by atoms with van der Waals surface area (Å²) in [5.41, 5.74) is 4.87. The van der Waals surface area contributed by atoms with Crippen LogP contribution in [0, 0.1) is 13.8 Å². The predicted octanol–water partition coefficient (Wildman–Crippen LogP) is 3.77. The second-order valence-electron chi connectivity index (χ2n) is 6.44. The average Bonchev–Trinajstić information content (AvgIpc) is 3.21. The molecule has 0 bridgehead atoms. The second kappa shape index (κ2) is 6.16. The van der Waals surface area contributed by atoms with Gasteiger partial charge in [-0.2, -0.15) is 0 Å². The monoisotopic (exact) mass is 333 g/mol. The van der Waals surface area contributed by atoms with Crippen molar-refractivity contribution in [1.29, 1.82) is 0 Å². The Hall–Kier alpha value is -2.95. The minimum absolute atomic E-state index is 0.0383. The van der Waals surface area contributed by atoms with Crippen molar-refractivity contribution in [2.75, 3.05) is 0 Å².